The molecule has 1 aliphatic carbocycles. The first-order chi connectivity index (χ1) is 7.50. The van der Waals surface area contributed by atoms with Gasteiger partial charge in [0.25, 0.3) is 0 Å². The number of benzene rings is 1. The van der Waals surface area contributed by atoms with Crippen molar-refractivity contribution in [2.24, 2.45) is 11.7 Å². The number of nitrogens with two attached hydrogens (primary N) is 1. The molecule has 0 radical (unpaired) electrons. The fourth-order valence-corrected chi connectivity index (χ4v) is 2.19. The number of hydrogen-bond acceptors (Lipinski definition) is 2. The van der Waals surface area contributed by atoms with Gasteiger partial charge in [-0.15, -0.1) is 0 Å². The first-order valence-corrected chi connectivity index (χ1v) is 5.92. The predicted molar refractivity (Wildman–Crippen MR) is 60.0 cm³/mol. The summed E-state index contributed by atoms with van der Waals surface area (Å²) in [5.74, 6) is -1.86. The Hall–Kier alpha value is -0.680. The van der Waals surface area contributed by atoms with Crippen LogP contribution in [-0.4, -0.2) is 5.11 Å². The summed E-state index contributed by atoms with van der Waals surface area (Å²) in [6.07, 6.45) is 2.74. The predicted octanol–water partition coefficient (Wildman–Crippen LogP) is 3.23. The Morgan fingerprint density at radius 2 is 2.12 bits per heavy atom. The van der Waals surface area contributed by atoms with E-state index < -0.39 is 17.7 Å². The Morgan fingerprint density at radius 1 is 1.50 bits per heavy atom. The van der Waals surface area contributed by atoms with Gasteiger partial charge in [-0.05, 0) is 34.3 Å². The summed E-state index contributed by atoms with van der Waals surface area (Å²) in [4.78, 5) is 0. The smallest absolute Gasteiger partial charge is 0.167 e. The summed E-state index contributed by atoms with van der Waals surface area (Å²) in [7, 11) is 0. The summed E-state index contributed by atoms with van der Waals surface area (Å²) in [6.45, 7) is 0. The highest BCUT2D eigenvalue weighted by molar-refractivity contribution is 9.10. The summed E-state index contributed by atoms with van der Waals surface area (Å²) in [5, 5.41) is 9.67. The molecule has 88 valence electrons. The molecule has 2 nitrogen and oxygen atoms in total. The zero-order chi connectivity index (χ0) is 11.9. The lowest BCUT2D eigenvalue weighted by Gasteiger charge is -2.15. The zero-order valence-electron chi connectivity index (χ0n) is 8.51. The summed E-state index contributed by atoms with van der Waals surface area (Å²) < 4.78 is 26.8. The van der Waals surface area contributed by atoms with Gasteiger partial charge in [0.1, 0.15) is 5.75 Å². The molecule has 1 aliphatic rings. The Kier molecular flexibility index (Phi) is 3.17. The van der Waals surface area contributed by atoms with E-state index in [4.69, 9.17) is 5.73 Å². The van der Waals surface area contributed by atoms with Crippen LogP contribution in [0.25, 0.3) is 0 Å². The second-order valence-electron chi connectivity index (χ2n) is 4.20. The van der Waals surface area contributed by atoms with Gasteiger partial charge in [0.15, 0.2) is 11.6 Å². The van der Waals surface area contributed by atoms with Crippen molar-refractivity contribution in [3.63, 3.8) is 0 Å². The molecule has 1 saturated carbocycles. The van der Waals surface area contributed by atoms with E-state index in [1.165, 1.54) is 0 Å². The van der Waals surface area contributed by atoms with Crippen molar-refractivity contribution in [1.82, 2.24) is 0 Å². The van der Waals surface area contributed by atoms with E-state index in [1.54, 1.807) is 0 Å². The van der Waals surface area contributed by atoms with Crippen LogP contribution in [0.15, 0.2) is 10.5 Å². The van der Waals surface area contributed by atoms with Crippen molar-refractivity contribution in [3.05, 3.63) is 27.7 Å². The molecule has 1 atom stereocenters. The number of phenolic OH excluding ortho intramolecular Hbond substituents is 1. The van der Waals surface area contributed by atoms with Crippen LogP contribution in [0.1, 0.15) is 30.9 Å². The molecular formula is C11H12BrF2NO. The van der Waals surface area contributed by atoms with Gasteiger partial charge < -0.3 is 10.8 Å². The maximum atomic E-state index is 13.5. The van der Waals surface area contributed by atoms with E-state index in [0.29, 0.717) is 12.3 Å². The third kappa shape index (κ3) is 2.20. The molecule has 0 amide bonds. The van der Waals surface area contributed by atoms with Crippen LogP contribution in [0.5, 0.6) is 5.75 Å². The van der Waals surface area contributed by atoms with Crippen molar-refractivity contribution in [2.75, 3.05) is 0 Å². The van der Waals surface area contributed by atoms with E-state index in [0.717, 1.165) is 18.9 Å². The number of aromatic hydroxyl groups is 1. The molecule has 3 N–H and O–H groups in total. The van der Waals surface area contributed by atoms with Crippen LogP contribution in [0.3, 0.4) is 0 Å². The van der Waals surface area contributed by atoms with E-state index in [-0.39, 0.29) is 15.8 Å². The number of hydrogen-bond donors (Lipinski definition) is 2. The minimum atomic E-state index is -1.05. The first kappa shape index (κ1) is 11.8. The van der Waals surface area contributed by atoms with Crippen molar-refractivity contribution >= 4 is 15.9 Å². The molecule has 0 saturated heterocycles. The molecule has 0 bridgehead atoms. The molecule has 5 heteroatoms. The molecule has 0 aromatic heterocycles. The molecule has 0 unspecified atom stereocenters. The van der Waals surface area contributed by atoms with Gasteiger partial charge in [-0.25, -0.2) is 8.78 Å². The van der Waals surface area contributed by atoms with Gasteiger partial charge in [-0.2, -0.15) is 0 Å². The first-order valence-electron chi connectivity index (χ1n) is 5.12. The topological polar surface area (TPSA) is 46.2 Å². The maximum Gasteiger partial charge on any atom is 0.167 e. The van der Waals surface area contributed by atoms with Gasteiger partial charge in [0.2, 0.25) is 0 Å². The van der Waals surface area contributed by atoms with Gasteiger partial charge in [0.05, 0.1) is 10.0 Å². The van der Waals surface area contributed by atoms with Crippen LogP contribution >= 0.6 is 15.9 Å². The van der Waals surface area contributed by atoms with Gasteiger partial charge >= 0.3 is 0 Å². The van der Waals surface area contributed by atoms with Crippen LogP contribution in [0.4, 0.5) is 8.78 Å². The van der Waals surface area contributed by atoms with E-state index in [1.807, 2.05) is 0 Å². The molecule has 0 aliphatic heterocycles. The third-order valence-electron chi connectivity index (χ3n) is 2.84. The molecule has 1 aromatic rings. The fraction of sp³-hybridized carbons (Fsp3) is 0.455. The van der Waals surface area contributed by atoms with Crippen molar-refractivity contribution in [2.45, 2.75) is 25.3 Å². The van der Waals surface area contributed by atoms with Gasteiger partial charge in [-0.3, -0.25) is 0 Å². The average Bonchev–Trinajstić information content (AvgIpc) is 2.99. The minimum absolute atomic E-state index is 0.126. The van der Waals surface area contributed by atoms with E-state index in [9.17, 15) is 13.9 Å². The van der Waals surface area contributed by atoms with E-state index in [2.05, 4.69) is 15.9 Å². The highest BCUT2D eigenvalue weighted by Gasteiger charge is 2.29. The molecule has 16 heavy (non-hydrogen) atoms. The average molecular weight is 292 g/mol. The van der Waals surface area contributed by atoms with Crippen molar-refractivity contribution in [1.29, 1.82) is 0 Å². The second kappa shape index (κ2) is 4.30. The minimum Gasteiger partial charge on any atom is -0.506 e. The lowest BCUT2D eigenvalue weighted by molar-refractivity contribution is 0.420. The molecule has 1 aromatic carbocycles. The molecule has 0 spiro atoms. The Labute approximate surface area is 101 Å². The highest BCUT2D eigenvalue weighted by Crippen LogP contribution is 2.41. The van der Waals surface area contributed by atoms with Gasteiger partial charge in [-0.1, -0.05) is 12.8 Å². The molecule has 2 rings (SSSR count). The van der Waals surface area contributed by atoms with E-state index >= 15 is 0 Å². The second-order valence-corrected chi connectivity index (χ2v) is 5.06. The number of rotatable bonds is 3. The summed E-state index contributed by atoms with van der Waals surface area (Å²) in [6, 6.07) is 0.248. The van der Waals surface area contributed by atoms with Crippen LogP contribution in [0.2, 0.25) is 0 Å². The maximum absolute atomic E-state index is 13.5. The number of halogens is 3. The summed E-state index contributed by atoms with van der Waals surface area (Å²) in [5.41, 5.74) is 5.66. The largest absolute Gasteiger partial charge is 0.506 e. The number of phenols is 1. The van der Waals surface area contributed by atoms with Crippen LogP contribution < -0.4 is 5.73 Å². The van der Waals surface area contributed by atoms with Crippen molar-refractivity contribution in [3.8, 4) is 5.75 Å². The quantitative estimate of drug-likeness (QED) is 0.840. The van der Waals surface area contributed by atoms with Crippen LogP contribution in [-0.2, 0) is 0 Å². The van der Waals surface area contributed by atoms with Crippen molar-refractivity contribution < 1.29 is 13.9 Å². The Morgan fingerprint density at radius 3 is 2.69 bits per heavy atom. The lowest BCUT2D eigenvalue weighted by Crippen LogP contribution is -2.14. The molecule has 0 heterocycles. The summed E-state index contributed by atoms with van der Waals surface area (Å²) >= 11 is 2.97. The fourth-order valence-electron chi connectivity index (χ4n) is 1.77. The van der Waals surface area contributed by atoms with Crippen LogP contribution in [0, 0.1) is 17.6 Å². The molecular weight excluding hydrogens is 280 g/mol. The third-order valence-corrected chi connectivity index (χ3v) is 3.44. The standard InChI is InChI=1S/C11H12BrF2NO/c12-6-4-7(13)10(14)9(11(6)16)8(15)3-5-1-2-5/h4-5,8,16H,1-3,15H2/t8-/m0/s1. The highest BCUT2D eigenvalue weighted by atomic mass is 79.9. The lowest BCUT2D eigenvalue weighted by atomic mass is 10.0. The zero-order valence-corrected chi connectivity index (χ0v) is 10.1. The van der Waals surface area contributed by atoms with Gasteiger partial charge in [0, 0.05) is 6.04 Å². The normalized spacial score (nSPS) is 17.5. The SMILES string of the molecule is N[C@@H](CC1CC1)c1c(O)c(Br)cc(F)c1F. The Balaban J connectivity index is 2.36. The Bertz CT molecular complexity index is 395. The molecule has 1 fully saturated rings. The monoisotopic (exact) mass is 291 g/mol.